The van der Waals surface area contributed by atoms with Crippen LogP contribution in [0.2, 0.25) is 5.02 Å². The van der Waals surface area contributed by atoms with Crippen molar-refractivity contribution in [2.24, 2.45) is 5.92 Å². The van der Waals surface area contributed by atoms with Gasteiger partial charge in [-0.3, -0.25) is 4.79 Å². The Morgan fingerprint density at radius 2 is 2.10 bits per heavy atom. The van der Waals surface area contributed by atoms with E-state index in [0.717, 1.165) is 6.20 Å². The molecule has 0 amide bonds. The molecule has 1 heterocycles. The van der Waals surface area contributed by atoms with Gasteiger partial charge in [-0.2, -0.15) is 18.3 Å². The summed E-state index contributed by atoms with van der Waals surface area (Å²) >= 11 is 5.75. The zero-order valence-electron chi connectivity index (χ0n) is 10.9. The summed E-state index contributed by atoms with van der Waals surface area (Å²) in [6.07, 6.45) is -3.51. The fourth-order valence-electron chi connectivity index (χ4n) is 1.47. The molecule has 0 spiro atoms. The Balaban J connectivity index is 3.03. The molecule has 20 heavy (non-hydrogen) atoms. The summed E-state index contributed by atoms with van der Waals surface area (Å²) in [7, 11) is 0. The van der Waals surface area contributed by atoms with Crippen LogP contribution in [0.1, 0.15) is 13.8 Å². The molecule has 1 atom stereocenters. The van der Waals surface area contributed by atoms with Gasteiger partial charge in [0.2, 0.25) is 0 Å². The number of nitrogens with one attached hydrogen (secondary N) is 1. The number of rotatable bonds is 5. The van der Waals surface area contributed by atoms with E-state index in [4.69, 9.17) is 16.7 Å². The molecular weight excluding hydrogens is 299 g/mol. The molecule has 0 aliphatic heterocycles. The lowest BCUT2D eigenvalue weighted by atomic mass is 10.1. The number of alkyl halides is 3. The highest BCUT2D eigenvalue weighted by Gasteiger charge is 2.30. The minimum atomic E-state index is -4.55. The first-order chi connectivity index (χ1) is 9.15. The van der Waals surface area contributed by atoms with E-state index in [-0.39, 0.29) is 34.0 Å². The van der Waals surface area contributed by atoms with Gasteiger partial charge in [-0.1, -0.05) is 25.4 Å². The second kappa shape index (κ2) is 6.45. The lowest BCUT2D eigenvalue weighted by Gasteiger charge is -2.21. The highest BCUT2D eigenvalue weighted by Crippen LogP contribution is 2.20. The van der Waals surface area contributed by atoms with Gasteiger partial charge < -0.3 is 10.4 Å². The zero-order valence-corrected chi connectivity index (χ0v) is 11.7. The van der Waals surface area contributed by atoms with Gasteiger partial charge in [-0.25, -0.2) is 4.68 Å². The highest BCUT2D eigenvalue weighted by molar-refractivity contribution is 6.32. The molecule has 5 nitrogen and oxygen atoms in total. The number of aliphatic hydroxyl groups excluding tert-OH is 1. The van der Waals surface area contributed by atoms with Crippen LogP contribution in [0.3, 0.4) is 0 Å². The van der Waals surface area contributed by atoms with Crippen molar-refractivity contribution in [1.82, 2.24) is 9.78 Å². The lowest BCUT2D eigenvalue weighted by molar-refractivity contribution is -0.143. The Morgan fingerprint density at radius 1 is 1.50 bits per heavy atom. The number of nitrogens with zero attached hydrogens (tertiary/aromatic N) is 2. The number of halogens is 4. The van der Waals surface area contributed by atoms with Crippen molar-refractivity contribution in [3.63, 3.8) is 0 Å². The maximum atomic E-state index is 12.2. The van der Waals surface area contributed by atoms with Gasteiger partial charge in [0.1, 0.15) is 11.6 Å². The van der Waals surface area contributed by atoms with E-state index in [0.29, 0.717) is 0 Å². The Morgan fingerprint density at radius 3 is 2.55 bits per heavy atom. The molecule has 0 bridgehead atoms. The van der Waals surface area contributed by atoms with Crippen LogP contribution in [0.25, 0.3) is 0 Å². The van der Waals surface area contributed by atoms with Crippen LogP contribution in [0, 0.1) is 5.92 Å². The normalized spacial score (nSPS) is 13.6. The third kappa shape index (κ3) is 4.38. The van der Waals surface area contributed by atoms with Crippen molar-refractivity contribution < 1.29 is 18.3 Å². The molecule has 1 aromatic heterocycles. The summed E-state index contributed by atoms with van der Waals surface area (Å²) in [6.45, 7) is 1.96. The summed E-state index contributed by atoms with van der Waals surface area (Å²) in [5.74, 6) is 0.0358. The van der Waals surface area contributed by atoms with E-state index in [9.17, 15) is 18.0 Å². The summed E-state index contributed by atoms with van der Waals surface area (Å²) in [6, 6.07) is -0.382. The van der Waals surface area contributed by atoms with Gasteiger partial charge in [0.15, 0.2) is 0 Å². The van der Waals surface area contributed by atoms with E-state index in [1.54, 1.807) is 0 Å². The quantitative estimate of drug-likeness (QED) is 0.871. The van der Waals surface area contributed by atoms with Gasteiger partial charge in [0.05, 0.1) is 24.5 Å². The Kier molecular flexibility index (Phi) is 5.41. The highest BCUT2D eigenvalue weighted by atomic mass is 35.5. The average molecular weight is 314 g/mol. The molecule has 0 aliphatic carbocycles. The van der Waals surface area contributed by atoms with Crippen LogP contribution in [-0.4, -0.2) is 33.7 Å². The van der Waals surface area contributed by atoms with Crippen molar-refractivity contribution in [3.8, 4) is 0 Å². The fourth-order valence-corrected chi connectivity index (χ4v) is 1.67. The minimum Gasteiger partial charge on any atom is -0.394 e. The smallest absolute Gasteiger partial charge is 0.394 e. The molecule has 0 radical (unpaired) electrons. The second-order valence-corrected chi connectivity index (χ2v) is 5.01. The SMILES string of the molecule is CC(C)[C@@H](CO)Nc1cnn(CC(F)(F)F)c(=O)c1Cl. The second-order valence-electron chi connectivity index (χ2n) is 4.63. The van der Waals surface area contributed by atoms with Crippen LogP contribution in [0.4, 0.5) is 18.9 Å². The molecule has 114 valence electrons. The van der Waals surface area contributed by atoms with Crippen molar-refractivity contribution in [2.45, 2.75) is 32.6 Å². The number of hydrogen-bond acceptors (Lipinski definition) is 4. The molecule has 1 rings (SSSR count). The topological polar surface area (TPSA) is 67.2 Å². The third-order valence-electron chi connectivity index (χ3n) is 2.66. The molecule has 0 saturated carbocycles. The van der Waals surface area contributed by atoms with E-state index in [1.807, 2.05) is 13.8 Å². The van der Waals surface area contributed by atoms with Gasteiger partial charge >= 0.3 is 6.18 Å². The molecule has 1 aromatic rings. The largest absolute Gasteiger partial charge is 0.408 e. The predicted octanol–water partition coefficient (Wildman–Crippen LogP) is 1.89. The van der Waals surface area contributed by atoms with E-state index in [2.05, 4.69) is 10.4 Å². The van der Waals surface area contributed by atoms with Gasteiger partial charge in [0.25, 0.3) is 5.56 Å². The van der Waals surface area contributed by atoms with E-state index >= 15 is 0 Å². The summed E-state index contributed by atoms with van der Waals surface area (Å²) < 4.78 is 36.9. The van der Waals surface area contributed by atoms with Gasteiger partial charge in [-0.15, -0.1) is 0 Å². The molecular formula is C11H15ClF3N3O2. The van der Waals surface area contributed by atoms with E-state index < -0.39 is 18.3 Å². The molecule has 0 unspecified atom stereocenters. The van der Waals surface area contributed by atoms with E-state index in [1.165, 1.54) is 0 Å². The molecule has 9 heteroatoms. The van der Waals surface area contributed by atoms with Crippen LogP contribution >= 0.6 is 11.6 Å². The number of aromatic nitrogens is 2. The Bertz CT molecular complexity index is 517. The average Bonchev–Trinajstić information content (AvgIpc) is 2.32. The summed E-state index contributed by atoms with van der Waals surface area (Å²) in [5, 5.41) is 15.0. The summed E-state index contributed by atoms with van der Waals surface area (Å²) in [5.41, 5.74) is -0.933. The molecule has 0 saturated heterocycles. The van der Waals surface area contributed by atoms with Crippen molar-refractivity contribution in [1.29, 1.82) is 0 Å². The van der Waals surface area contributed by atoms with Gasteiger partial charge in [-0.05, 0) is 5.92 Å². The van der Waals surface area contributed by atoms with Crippen molar-refractivity contribution in [3.05, 3.63) is 21.6 Å². The standard InChI is InChI=1S/C11H15ClF3N3O2/c1-6(2)8(4-19)17-7-3-16-18(5-11(13,14)15)10(20)9(7)12/h3,6,8,17,19H,4-5H2,1-2H3/t8-/m1/s1. The minimum absolute atomic E-state index is 0.0358. The fraction of sp³-hybridized carbons (Fsp3) is 0.636. The molecule has 0 aromatic carbocycles. The molecule has 0 fully saturated rings. The summed E-state index contributed by atoms with van der Waals surface area (Å²) in [4.78, 5) is 11.7. The van der Waals surface area contributed by atoms with Crippen LogP contribution in [-0.2, 0) is 6.54 Å². The number of hydrogen-bond donors (Lipinski definition) is 2. The first-order valence-electron chi connectivity index (χ1n) is 5.85. The molecule has 0 aliphatic rings. The third-order valence-corrected chi connectivity index (χ3v) is 3.02. The van der Waals surface area contributed by atoms with Gasteiger partial charge in [0, 0.05) is 0 Å². The van der Waals surface area contributed by atoms with Crippen molar-refractivity contribution >= 4 is 17.3 Å². The maximum absolute atomic E-state index is 12.2. The Labute approximate surface area is 118 Å². The molecule has 2 N–H and O–H groups in total. The number of anilines is 1. The maximum Gasteiger partial charge on any atom is 0.408 e. The first kappa shape index (κ1) is 16.8. The zero-order chi connectivity index (χ0) is 15.5. The first-order valence-corrected chi connectivity index (χ1v) is 6.23. The van der Waals surface area contributed by atoms with Crippen molar-refractivity contribution in [2.75, 3.05) is 11.9 Å². The van der Waals surface area contributed by atoms with Crippen LogP contribution in [0.5, 0.6) is 0 Å². The Hall–Kier alpha value is -1.28. The van der Waals surface area contributed by atoms with Crippen LogP contribution in [0.15, 0.2) is 11.0 Å². The van der Waals surface area contributed by atoms with Crippen LogP contribution < -0.4 is 10.9 Å². The monoisotopic (exact) mass is 313 g/mol. The number of aliphatic hydroxyl groups is 1. The predicted molar refractivity (Wildman–Crippen MR) is 68.9 cm³/mol. The lowest BCUT2D eigenvalue weighted by Crippen LogP contribution is -2.33.